The van der Waals surface area contributed by atoms with E-state index in [1.165, 1.54) is 0 Å². The number of carbonyl (C=O) groups is 3. The van der Waals surface area contributed by atoms with Gasteiger partial charge >= 0.3 is 11.8 Å². The second kappa shape index (κ2) is 7.61. The normalized spacial score (nSPS) is 13.6. The molecule has 3 rings (SSSR count). The fourth-order valence-corrected chi connectivity index (χ4v) is 3.08. The molecule has 1 saturated heterocycles. The van der Waals surface area contributed by atoms with E-state index >= 15 is 0 Å². The molecule has 6 heteroatoms. The molecule has 0 radical (unpaired) electrons. The van der Waals surface area contributed by atoms with Crippen LogP contribution >= 0.6 is 0 Å². The van der Waals surface area contributed by atoms with E-state index in [0.717, 1.165) is 28.8 Å². The monoisotopic (exact) mass is 365 g/mol. The molecule has 0 aliphatic carbocycles. The topological polar surface area (TPSA) is 78.5 Å². The highest BCUT2D eigenvalue weighted by Gasteiger charge is 2.23. The Morgan fingerprint density at radius 2 is 1.44 bits per heavy atom. The van der Waals surface area contributed by atoms with Crippen LogP contribution in [0.1, 0.15) is 29.5 Å². The van der Waals surface area contributed by atoms with Crippen molar-refractivity contribution >= 4 is 34.8 Å². The highest BCUT2D eigenvalue weighted by atomic mass is 16.2. The molecule has 140 valence electrons. The maximum atomic E-state index is 12.2. The number of nitrogens with one attached hydrogen (secondary N) is 2. The summed E-state index contributed by atoms with van der Waals surface area (Å²) in [5.74, 6) is -1.41. The first kappa shape index (κ1) is 18.6. The van der Waals surface area contributed by atoms with E-state index in [-0.39, 0.29) is 5.91 Å². The SMILES string of the molecule is Cc1ccc(NC(=O)C(=O)Nc2ccc(C)c(N3CCCC3=O)c2)cc1C. The van der Waals surface area contributed by atoms with Crippen LogP contribution in [0, 0.1) is 20.8 Å². The molecule has 0 unspecified atom stereocenters. The number of carbonyl (C=O) groups excluding carboxylic acids is 3. The predicted molar refractivity (Wildman–Crippen MR) is 106 cm³/mol. The Balaban J connectivity index is 1.70. The van der Waals surface area contributed by atoms with Crippen molar-refractivity contribution in [2.45, 2.75) is 33.6 Å². The van der Waals surface area contributed by atoms with Gasteiger partial charge in [-0.2, -0.15) is 0 Å². The number of nitrogens with zero attached hydrogens (tertiary/aromatic N) is 1. The third kappa shape index (κ3) is 4.16. The van der Waals surface area contributed by atoms with Gasteiger partial charge in [0, 0.05) is 30.0 Å². The summed E-state index contributed by atoms with van der Waals surface area (Å²) in [5.41, 5.74) is 4.92. The van der Waals surface area contributed by atoms with Gasteiger partial charge < -0.3 is 15.5 Å². The molecule has 0 spiro atoms. The van der Waals surface area contributed by atoms with Gasteiger partial charge in [0.2, 0.25) is 5.91 Å². The molecule has 6 nitrogen and oxygen atoms in total. The van der Waals surface area contributed by atoms with Crippen molar-refractivity contribution in [3.8, 4) is 0 Å². The number of aryl methyl sites for hydroxylation is 3. The average Bonchev–Trinajstić information content (AvgIpc) is 3.05. The minimum absolute atomic E-state index is 0.0778. The van der Waals surface area contributed by atoms with Gasteiger partial charge in [0.25, 0.3) is 0 Å². The largest absolute Gasteiger partial charge is 0.318 e. The third-order valence-electron chi connectivity index (χ3n) is 4.80. The maximum Gasteiger partial charge on any atom is 0.314 e. The summed E-state index contributed by atoms with van der Waals surface area (Å²) in [5, 5.41) is 5.21. The lowest BCUT2D eigenvalue weighted by atomic mass is 10.1. The number of anilines is 3. The van der Waals surface area contributed by atoms with Crippen molar-refractivity contribution in [2.24, 2.45) is 0 Å². The minimum Gasteiger partial charge on any atom is -0.318 e. The van der Waals surface area contributed by atoms with Crippen molar-refractivity contribution in [2.75, 3.05) is 22.1 Å². The van der Waals surface area contributed by atoms with Crippen LogP contribution in [0.4, 0.5) is 17.1 Å². The number of hydrogen-bond donors (Lipinski definition) is 2. The van der Waals surface area contributed by atoms with E-state index in [2.05, 4.69) is 10.6 Å². The van der Waals surface area contributed by atoms with Crippen LogP contribution in [-0.2, 0) is 14.4 Å². The van der Waals surface area contributed by atoms with Gasteiger partial charge in [-0.3, -0.25) is 14.4 Å². The summed E-state index contributed by atoms with van der Waals surface area (Å²) in [6.45, 7) is 6.51. The van der Waals surface area contributed by atoms with E-state index in [1.807, 2.05) is 39.0 Å². The first-order chi connectivity index (χ1) is 12.8. The van der Waals surface area contributed by atoms with Gasteiger partial charge in [0.1, 0.15) is 0 Å². The quantitative estimate of drug-likeness (QED) is 0.819. The highest BCUT2D eigenvalue weighted by Crippen LogP contribution is 2.28. The summed E-state index contributed by atoms with van der Waals surface area (Å²) in [6, 6.07) is 10.8. The molecular formula is C21H23N3O3. The molecule has 1 aliphatic heterocycles. The van der Waals surface area contributed by atoms with E-state index in [1.54, 1.807) is 23.1 Å². The fourth-order valence-electron chi connectivity index (χ4n) is 3.08. The zero-order valence-electron chi connectivity index (χ0n) is 15.8. The summed E-state index contributed by atoms with van der Waals surface area (Å²) in [4.78, 5) is 38.2. The summed E-state index contributed by atoms with van der Waals surface area (Å²) >= 11 is 0. The lowest BCUT2D eigenvalue weighted by molar-refractivity contribution is -0.132. The standard InChI is InChI=1S/C21H23N3O3/c1-13-6-8-16(11-15(13)3)22-20(26)21(27)23-17-9-7-14(2)18(12-17)24-10-4-5-19(24)25/h6-9,11-12H,4-5,10H2,1-3H3,(H,22,26)(H,23,27). The second-order valence-corrected chi connectivity index (χ2v) is 6.86. The van der Waals surface area contributed by atoms with Crippen molar-refractivity contribution < 1.29 is 14.4 Å². The lowest BCUT2D eigenvalue weighted by Gasteiger charge is -2.19. The average molecular weight is 365 g/mol. The molecule has 27 heavy (non-hydrogen) atoms. The van der Waals surface area contributed by atoms with Crippen LogP contribution in [0.15, 0.2) is 36.4 Å². The van der Waals surface area contributed by atoms with Crippen LogP contribution in [0.5, 0.6) is 0 Å². The zero-order valence-corrected chi connectivity index (χ0v) is 15.8. The van der Waals surface area contributed by atoms with Gasteiger partial charge in [0.05, 0.1) is 0 Å². The Labute approximate surface area is 158 Å². The van der Waals surface area contributed by atoms with Gasteiger partial charge in [-0.1, -0.05) is 12.1 Å². The van der Waals surface area contributed by atoms with Gasteiger partial charge in [-0.15, -0.1) is 0 Å². The molecule has 0 saturated carbocycles. The molecule has 0 aromatic heterocycles. The molecule has 1 aliphatic rings. The van der Waals surface area contributed by atoms with Gasteiger partial charge in [-0.25, -0.2) is 0 Å². The van der Waals surface area contributed by atoms with Crippen LogP contribution in [0.25, 0.3) is 0 Å². The first-order valence-corrected chi connectivity index (χ1v) is 8.96. The Morgan fingerprint density at radius 1 is 0.852 bits per heavy atom. The fraction of sp³-hybridized carbons (Fsp3) is 0.286. The summed E-state index contributed by atoms with van der Waals surface area (Å²) < 4.78 is 0. The maximum absolute atomic E-state index is 12.2. The molecule has 0 atom stereocenters. The lowest BCUT2D eigenvalue weighted by Crippen LogP contribution is -2.29. The van der Waals surface area contributed by atoms with E-state index in [0.29, 0.717) is 24.3 Å². The Bertz CT molecular complexity index is 921. The Kier molecular flexibility index (Phi) is 5.26. The zero-order chi connectivity index (χ0) is 19.6. The van der Waals surface area contributed by atoms with Crippen LogP contribution in [0.2, 0.25) is 0 Å². The van der Waals surface area contributed by atoms with Crippen LogP contribution in [-0.4, -0.2) is 24.3 Å². The highest BCUT2D eigenvalue weighted by molar-refractivity contribution is 6.43. The summed E-state index contributed by atoms with van der Waals surface area (Å²) in [6.07, 6.45) is 1.36. The molecule has 0 bridgehead atoms. The molecule has 1 heterocycles. The van der Waals surface area contributed by atoms with E-state index in [9.17, 15) is 14.4 Å². The number of rotatable bonds is 3. The third-order valence-corrected chi connectivity index (χ3v) is 4.80. The molecule has 2 aromatic carbocycles. The van der Waals surface area contributed by atoms with Crippen molar-refractivity contribution in [1.82, 2.24) is 0 Å². The Hall–Kier alpha value is -3.15. The van der Waals surface area contributed by atoms with Crippen molar-refractivity contribution in [3.05, 3.63) is 53.1 Å². The molecular weight excluding hydrogens is 342 g/mol. The van der Waals surface area contributed by atoms with Gasteiger partial charge in [-0.05, 0) is 68.1 Å². The van der Waals surface area contributed by atoms with E-state index < -0.39 is 11.8 Å². The van der Waals surface area contributed by atoms with Crippen LogP contribution in [0.3, 0.4) is 0 Å². The number of hydrogen-bond acceptors (Lipinski definition) is 3. The second-order valence-electron chi connectivity index (χ2n) is 6.86. The molecule has 3 amide bonds. The molecule has 1 fully saturated rings. The van der Waals surface area contributed by atoms with Gasteiger partial charge in [0.15, 0.2) is 0 Å². The Morgan fingerprint density at radius 3 is 2.00 bits per heavy atom. The first-order valence-electron chi connectivity index (χ1n) is 8.96. The van der Waals surface area contributed by atoms with Crippen molar-refractivity contribution in [1.29, 1.82) is 0 Å². The molecule has 2 aromatic rings. The number of benzene rings is 2. The summed E-state index contributed by atoms with van der Waals surface area (Å²) in [7, 11) is 0. The van der Waals surface area contributed by atoms with Crippen LogP contribution < -0.4 is 15.5 Å². The smallest absolute Gasteiger partial charge is 0.314 e. The van der Waals surface area contributed by atoms with E-state index in [4.69, 9.17) is 0 Å². The predicted octanol–water partition coefficient (Wildman–Crippen LogP) is 3.32. The van der Waals surface area contributed by atoms with Crippen molar-refractivity contribution in [3.63, 3.8) is 0 Å². The minimum atomic E-state index is -0.754. The molecule has 2 N–H and O–H groups in total. The number of amides is 3.